The second-order valence-electron chi connectivity index (χ2n) is 7.68. The molecule has 1 atom stereocenters. The first-order valence-corrected chi connectivity index (χ1v) is 11.9. The molecule has 0 aliphatic rings. The average molecular weight is 496 g/mol. The smallest absolute Gasteiger partial charge is 0.339 e. The van der Waals surface area contributed by atoms with Gasteiger partial charge in [-0.2, -0.15) is 8.42 Å². The maximum Gasteiger partial charge on any atom is 0.339 e. The Labute approximate surface area is 204 Å². The van der Waals surface area contributed by atoms with E-state index in [4.69, 9.17) is 19.4 Å². The number of carbonyl (C=O) groups excluding carboxylic acids is 2. The zero-order valence-corrected chi connectivity index (χ0v) is 20.2. The van der Waals surface area contributed by atoms with Crippen LogP contribution < -0.4 is 14.7 Å². The first kappa shape index (κ1) is 25.5. The Kier molecular flexibility index (Phi) is 7.93. The summed E-state index contributed by atoms with van der Waals surface area (Å²) in [5.41, 5.74) is 7.66. The molecule has 0 aliphatic carbocycles. The Morgan fingerprint density at radius 3 is 2.31 bits per heavy atom. The molecule has 35 heavy (non-hydrogen) atoms. The van der Waals surface area contributed by atoms with Crippen molar-refractivity contribution in [3.05, 3.63) is 95.1 Å². The standard InChI is InChI=1S/C26H25NO7S/c1-17-9-10-18(2)23(15-17)35(30,31)34-21-13-11-19(16-22(21)32-3)12-14-24(28)33-25(26(27)29)20-7-5-4-6-8-20/h4-16,25H,1-3H3,(H2,27,29)/b14-12+. The van der Waals surface area contributed by atoms with E-state index in [9.17, 15) is 18.0 Å². The van der Waals surface area contributed by atoms with Crippen molar-refractivity contribution in [3.63, 3.8) is 0 Å². The molecule has 1 unspecified atom stereocenters. The lowest BCUT2D eigenvalue weighted by atomic mass is 10.1. The number of ether oxygens (including phenoxy) is 2. The summed E-state index contributed by atoms with van der Waals surface area (Å²) in [6.45, 7) is 3.47. The molecule has 0 fully saturated rings. The molecule has 182 valence electrons. The lowest BCUT2D eigenvalue weighted by Crippen LogP contribution is -2.25. The second-order valence-corrected chi connectivity index (χ2v) is 9.19. The average Bonchev–Trinajstić information content (AvgIpc) is 2.83. The number of methoxy groups -OCH3 is 1. The fourth-order valence-electron chi connectivity index (χ4n) is 3.23. The first-order valence-electron chi connectivity index (χ1n) is 10.5. The van der Waals surface area contributed by atoms with Gasteiger partial charge in [-0.25, -0.2) is 4.79 Å². The Balaban J connectivity index is 1.77. The summed E-state index contributed by atoms with van der Waals surface area (Å²) < 4.78 is 41.5. The van der Waals surface area contributed by atoms with Gasteiger partial charge in [0, 0.05) is 11.6 Å². The van der Waals surface area contributed by atoms with Crippen LogP contribution in [0.5, 0.6) is 11.5 Å². The largest absolute Gasteiger partial charge is 0.493 e. The molecule has 3 aromatic rings. The maximum absolute atomic E-state index is 12.8. The third kappa shape index (κ3) is 6.48. The van der Waals surface area contributed by atoms with Crippen molar-refractivity contribution in [3.8, 4) is 11.5 Å². The summed E-state index contributed by atoms with van der Waals surface area (Å²) in [6.07, 6.45) is 1.33. The molecule has 1 amide bonds. The molecule has 0 bridgehead atoms. The number of nitrogens with two attached hydrogens (primary N) is 1. The lowest BCUT2D eigenvalue weighted by Gasteiger charge is -2.14. The molecule has 3 aromatic carbocycles. The molecule has 3 rings (SSSR count). The molecule has 0 spiro atoms. The Bertz CT molecular complexity index is 1370. The van der Waals surface area contributed by atoms with Crippen molar-refractivity contribution in [1.82, 2.24) is 0 Å². The van der Waals surface area contributed by atoms with Gasteiger partial charge in [-0.15, -0.1) is 0 Å². The van der Waals surface area contributed by atoms with E-state index in [-0.39, 0.29) is 16.4 Å². The van der Waals surface area contributed by atoms with Crippen molar-refractivity contribution in [2.45, 2.75) is 24.8 Å². The zero-order valence-electron chi connectivity index (χ0n) is 19.4. The minimum atomic E-state index is -4.10. The SMILES string of the molecule is COc1cc(/C=C/C(=O)OC(C(N)=O)c2ccccc2)ccc1OS(=O)(=O)c1cc(C)ccc1C. The number of carbonyl (C=O) groups is 2. The maximum atomic E-state index is 12.8. The predicted octanol–water partition coefficient (Wildman–Crippen LogP) is 3.86. The third-order valence-electron chi connectivity index (χ3n) is 5.01. The molecular formula is C26H25NO7S. The number of rotatable bonds is 9. The molecule has 2 N–H and O–H groups in total. The van der Waals surface area contributed by atoms with Gasteiger partial charge in [0.15, 0.2) is 11.5 Å². The van der Waals surface area contributed by atoms with Crippen molar-refractivity contribution < 1.29 is 31.7 Å². The van der Waals surface area contributed by atoms with E-state index in [1.807, 2.05) is 6.07 Å². The minimum absolute atomic E-state index is 0.00833. The molecule has 0 radical (unpaired) electrons. The highest BCUT2D eigenvalue weighted by molar-refractivity contribution is 7.87. The summed E-state index contributed by atoms with van der Waals surface area (Å²) >= 11 is 0. The van der Waals surface area contributed by atoms with Crippen molar-refractivity contribution in [1.29, 1.82) is 0 Å². The van der Waals surface area contributed by atoms with Gasteiger partial charge in [0.2, 0.25) is 6.10 Å². The van der Waals surface area contributed by atoms with E-state index in [1.165, 1.54) is 31.4 Å². The number of aryl methyl sites for hydroxylation is 2. The molecule has 0 heterocycles. The molecule has 0 saturated heterocycles. The van der Waals surface area contributed by atoms with Crippen molar-refractivity contribution in [2.24, 2.45) is 5.73 Å². The number of amides is 1. The van der Waals surface area contributed by atoms with E-state index >= 15 is 0 Å². The zero-order chi connectivity index (χ0) is 25.6. The van der Waals surface area contributed by atoms with Crippen LogP contribution in [0, 0.1) is 13.8 Å². The molecular weight excluding hydrogens is 470 g/mol. The number of esters is 1. The highest BCUT2D eigenvalue weighted by Crippen LogP contribution is 2.32. The number of benzene rings is 3. The molecule has 8 nitrogen and oxygen atoms in total. The summed E-state index contributed by atoms with van der Waals surface area (Å²) in [4.78, 5) is 24.1. The van der Waals surface area contributed by atoms with Crippen molar-refractivity contribution >= 4 is 28.1 Å². The van der Waals surface area contributed by atoms with Crippen LogP contribution in [0.25, 0.3) is 6.08 Å². The summed E-state index contributed by atoms with van der Waals surface area (Å²) in [6, 6.07) is 17.9. The van der Waals surface area contributed by atoms with Crippen LogP contribution in [0.15, 0.2) is 77.7 Å². The van der Waals surface area contributed by atoms with E-state index in [0.29, 0.717) is 16.7 Å². The number of primary amides is 1. The van der Waals surface area contributed by atoms with Gasteiger partial charge in [0.25, 0.3) is 5.91 Å². The Morgan fingerprint density at radius 2 is 1.66 bits per heavy atom. The molecule has 9 heteroatoms. The van der Waals surface area contributed by atoms with Gasteiger partial charge in [-0.1, -0.05) is 48.5 Å². The van der Waals surface area contributed by atoms with Crippen LogP contribution in [0.2, 0.25) is 0 Å². The van der Waals surface area contributed by atoms with Crippen LogP contribution >= 0.6 is 0 Å². The second kappa shape index (κ2) is 10.9. The highest BCUT2D eigenvalue weighted by atomic mass is 32.2. The van der Waals surface area contributed by atoms with Crippen LogP contribution in [0.1, 0.15) is 28.4 Å². The van der Waals surface area contributed by atoms with Crippen LogP contribution in [-0.2, 0) is 24.4 Å². The normalized spacial score (nSPS) is 12.2. The van der Waals surface area contributed by atoms with Gasteiger partial charge in [-0.05, 0) is 54.8 Å². The van der Waals surface area contributed by atoms with Gasteiger partial charge in [0.05, 0.1) is 7.11 Å². The lowest BCUT2D eigenvalue weighted by molar-refractivity contribution is -0.150. The quantitative estimate of drug-likeness (QED) is 0.272. The Morgan fingerprint density at radius 1 is 0.943 bits per heavy atom. The van der Waals surface area contributed by atoms with Gasteiger partial charge >= 0.3 is 16.1 Å². The third-order valence-corrected chi connectivity index (χ3v) is 6.38. The van der Waals surface area contributed by atoms with Crippen LogP contribution in [0.3, 0.4) is 0 Å². The summed E-state index contributed by atoms with van der Waals surface area (Å²) in [5, 5.41) is 0. The van der Waals surface area contributed by atoms with E-state index in [1.54, 1.807) is 56.3 Å². The molecule has 0 saturated carbocycles. The van der Waals surface area contributed by atoms with Crippen LogP contribution in [-0.4, -0.2) is 27.4 Å². The monoisotopic (exact) mass is 495 g/mol. The highest BCUT2D eigenvalue weighted by Gasteiger charge is 2.23. The summed E-state index contributed by atoms with van der Waals surface area (Å²) in [7, 11) is -2.73. The number of hydrogen-bond acceptors (Lipinski definition) is 7. The topological polar surface area (TPSA) is 122 Å². The van der Waals surface area contributed by atoms with Crippen LogP contribution in [0.4, 0.5) is 0 Å². The van der Waals surface area contributed by atoms with E-state index in [0.717, 1.165) is 11.6 Å². The minimum Gasteiger partial charge on any atom is -0.493 e. The van der Waals surface area contributed by atoms with E-state index < -0.39 is 28.1 Å². The van der Waals surface area contributed by atoms with Crippen molar-refractivity contribution in [2.75, 3.05) is 7.11 Å². The van der Waals surface area contributed by atoms with Gasteiger partial charge in [-0.3, -0.25) is 4.79 Å². The van der Waals surface area contributed by atoms with E-state index in [2.05, 4.69) is 0 Å². The van der Waals surface area contributed by atoms with Gasteiger partial charge in [0.1, 0.15) is 4.90 Å². The number of hydrogen-bond donors (Lipinski definition) is 1. The summed E-state index contributed by atoms with van der Waals surface area (Å²) in [5.74, 6) is -1.44. The molecule has 0 aliphatic heterocycles. The van der Waals surface area contributed by atoms with Gasteiger partial charge < -0.3 is 19.4 Å². The fourth-order valence-corrected chi connectivity index (χ4v) is 4.49. The fraction of sp³-hybridized carbons (Fsp3) is 0.154. The Hall–Kier alpha value is -4.11. The first-order chi connectivity index (χ1) is 16.6. The predicted molar refractivity (Wildman–Crippen MR) is 130 cm³/mol. The molecule has 0 aromatic heterocycles.